The number of nitrogens with zero attached hydrogens (tertiary/aromatic N) is 3. The van der Waals surface area contributed by atoms with Gasteiger partial charge in [0.15, 0.2) is 0 Å². The molecule has 0 aliphatic rings. The Labute approximate surface area is 203 Å². The Bertz CT molecular complexity index is 1200. The van der Waals surface area contributed by atoms with Gasteiger partial charge in [-0.05, 0) is 80.9 Å². The van der Waals surface area contributed by atoms with E-state index in [-0.39, 0.29) is 16.5 Å². The third-order valence-electron chi connectivity index (χ3n) is 4.06. The lowest BCUT2D eigenvalue weighted by Gasteiger charge is -2.29. The monoisotopic (exact) mass is 493 g/mol. The lowest BCUT2D eigenvalue weighted by molar-refractivity contribution is 0.0422. The van der Waals surface area contributed by atoms with Crippen molar-refractivity contribution in [2.24, 2.45) is 0 Å². The molecule has 192 valence electrons. The van der Waals surface area contributed by atoms with Gasteiger partial charge in [0, 0.05) is 6.07 Å². The zero-order valence-corrected chi connectivity index (χ0v) is 21.7. The Morgan fingerprint density at radius 3 is 1.74 bits per heavy atom. The molecule has 0 unspecified atom stereocenters. The Hall–Kier alpha value is -3.50. The van der Waals surface area contributed by atoms with Gasteiger partial charge in [0.05, 0.1) is 10.9 Å². The summed E-state index contributed by atoms with van der Waals surface area (Å²) in [5.74, 6) is -1.44. The van der Waals surface area contributed by atoms with E-state index in [1.54, 1.807) is 62.3 Å². The predicted molar refractivity (Wildman–Crippen MR) is 127 cm³/mol. The minimum Gasteiger partial charge on any atom is -0.443 e. The first-order chi connectivity index (χ1) is 15.7. The van der Waals surface area contributed by atoms with E-state index in [1.165, 1.54) is 13.0 Å². The number of benzene rings is 1. The Morgan fingerprint density at radius 2 is 1.31 bits per heavy atom. The Balaban J connectivity index is 2.94. The average molecular weight is 494 g/mol. The van der Waals surface area contributed by atoms with Gasteiger partial charge in [0.2, 0.25) is 5.95 Å². The quantitative estimate of drug-likeness (QED) is 0.491. The second-order valence-corrected chi connectivity index (χ2v) is 10.9. The molecular weight excluding hydrogens is 461 g/mol. The topological polar surface area (TPSA) is 117 Å². The third kappa shape index (κ3) is 7.00. The van der Waals surface area contributed by atoms with Crippen LogP contribution in [0.1, 0.15) is 67.9 Å². The van der Waals surface area contributed by atoms with Crippen LogP contribution in [-0.2, 0) is 14.2 Å². The summed E-state index contributed by atoms with van der Waals surface area (Å²) in [5, 5.41) is -0.119. The number of anilines is 1. The van der Waals surface area contributed by atoms with Crippen LogP contribution in [0.25, 0.3) is 10.9 Å². The SMILES string of the molecule is Cc1cc2c(=O)n(C(=O)OC(C)(C)C)c(N(C(=O)OC(C)(C)C)C(=O)OC(C)(C)C)nc2cc1F. The van der Waals surface area contributed by atoms with Crippen LogP contribution in [0, 0.1) is 12.7 Å². The Morgan fingerprint density at radius 1 is 0.857 bits per heavy atom. The van der Waals surface area contributed by atoms with Crippen LogP contribution in [0.2, 0.25) is 0 Å². The molecule has 0 fully saturated rings. The predicted octanol–water partition coefficient (Wildman–Crippen LogP) is 5.30. The van der Waals surface area contributed by atoms with E-state index in [4.69, 9.17) is 14.2 Å². The van der Waals surface area contributed by atoms with Crippen LogP contribution in [0.4, 0.5) is 24.7 Å². The fraction of sp³-hybridized carbons (Fsp3) is 0.542. The molecule has 0 N–H and O–H groups in total. The molecule has 10 nitrogen and oxygen atoms in total. The average Bonchev–Trinajstić information content (AvgIpc) is 2.59. The van der Waals surface area contributed by atoms with Crippen LogP contribution >= 0.6 is 0 Å². The summed E-state index contributed by atoms with van der Waals surface area (Å²) < 4.78 is 30.7. The van der Waals surface area contributed by atoms with Gasteiger partial charge in [-0.3, -0.25) is 4.79 Å². The van der Waals surface area contributed by atoms with Crippen molar-refractivity contribution in [2.75, 3.05) is 4.90 Å². The van der Waals surface area contributed by atoms with Crippen molar-refractivity contribution >= 4 is 35.1 Å². The van der Waals surface area contributed by atoms with Gasteiger partial charge in [-0.25, -0.2) is 23.8 Å². The summed E-state index contributed by atoms with van der Waals surface area (Å²) in [6, 6.07) is 2.19. The summed E-state index contributed by atoms with van der Waals surface area (Å²) >= 11 is 0. The van der Waals surface area contributed by atoms with Crippen molar-refractivity contribution in [3.8, 4) is 0 Å². The highest BCUT2D eigenvalue weighted by atomic mass is 19.1. The molecule has 0 bridgehead atoms. The number of ether oxygens (including phenoxy) is 3. The summed E-state index contributed by atoms with van der Waals surface area (Å²) in [6.07, 6.45) is -3.73. The smallest absolute Gasteiger partial charge is 0.427 e. The maximum atomic E-state index is 14.3. The molecule has 0 saturated carbocycles. The molecule has 0 spiro atoms. The van der Waals surface area contributed by atoms with Gasteiger partial charge >= 0.3 is 18.3 Å². The van der Waals surface area contributed by atoms with E-state index in [1.807, 2.05) is 0 Å². The number of rotatable bonds is 1. The first-order valence-electron chi connectivity index (χ1n) is 10.9. The third-order valence-corrected chi connectivity index (χ3v) is 4.06. The first kappa shape index (κ1) is 27.7. The van der Waals surface area contributed by atoms with Crippen LogP contribution < -0.4 is 10.5 Å². The molecule has 0 aliphatic carbocycles. The molecule has 35 heavy (non-hydrogen) atoms. The molecule has 11 heteroatoms. The highest BCUT2D eigenvalue weighted by molar-refractivity contribution is 6.09. The van der Waals surface area contributed by atoms with Gasteiger partial charge in [-0.1, -0.05) is 0 Å². The molecule has 1 heterocycles. The van der Waals surface area contributed by atoms with Crippen molar-refractivity contribution in [2.45, 2.75) is 86.0 Å². The van der Waals surface area contributed by atoms with Gasteiger partial charge in [0.1, 0.15) is 22.6 Å². The summed E-state index contributed by atoms with van der Waals surface area (Å²) in [5.41, 5.74) is -4.19. The van der Waals surface area contributed by atoms with E-state index < -0.39 is 52.4 Å². The summed E-state index contributed by atoms with van der Waals surface area (Å²) in [4.78, 5) is 57.3. The molecule has 0 atom stereocenters. The number of amides is 2. The number of hydrogen-bond acceptors (Lipinski definition) is 8. The molecule has 0 radical (unpaired) electrons. The molecule has 2 aromatic rings. The van der Waals surface area contributed by atoms with Crippen molar-refractivity contribution in [3.05, 3.63) is 33.9 Å². The van der Waals surface area contributed by atoms with Crippen molar-refractivity contribution < 1.29 is 33.0 Å². The number of carbonyl (C=O) groups excluding carboxylic acids is 3. The molecule has 0 saturated heterocycles. The minimum atomic E-state index is -1.26. The maximum absolute atomic E-state index is 14.3. The van der Waals surface area contributed by atoms with Crippen molar-refractivity contribution in [1.29, 1.82) is 0 Å². The van der Waals surface area contributed by atoms with Crippen LogP contribution in [0.3, 0.4) is 0 Å². The number of carbonyl (C=O) groups is 3. The second-order valence-electron chi connectivity index (χ2n) is 10.9. The van der Waals surface area contributed by atoms with Crippen LogP contribution in [0.15, 0.2) is 16.9 Å². The fourth-order valence-electron chi connectivity index (χ4n) is 2.78. The van der Waals surface area contributed by atoms with Gasteiger partial charge in [-0.2, -0.15) is 4.57 Å². The maximum Gasteiger partial charge on any atom is 0.427 e. The molecular formula is C24H32FN3O7. The molecule has 1 aromatic heterocycles. The van der Waals surface area contributed by atoms with E-state index in [2.05, 4.69) is 4.98 Å². The zero-order chi connectivity index (χ0) is 27.1. The molecule has 2 amide bonds. The summed E-state index contributed by atoms with van der Waals surface area (Å²) in [7, 11) is 0. The number of imide groups is 1. The van der Waals surface area contributed by atoms with Crippen LogP contribution in [0.5, 0.6) is 0 Å². The lowest BCUT2D eigenvalue weighted by Crippen LogP contribution is -2.48. The normalized spacial score (nSPS) is 12.3. The van der Waals surface area contributed by atoms with Crippen LogP contribution in [-0.4, -0.2) is 44.6 Å². The first-order valence-corrected chi connectivity index (χ1v) is 10.9. The number of fused-ring (bicyclic) bond motifs is 1. The van der Waals surface area contributed by atoms with E-state index >= 15 is 0 Å². The molecule has 2 rings (SSSR count). The highest BCUT2D eigenvalue weighted by Gasteiger charge is 2.38. The van der Waals surface area contributed by atoms with E-state index in [0.29, 0.717) is 9.47 Å². The second kappa shape index (κ2) is 9.27. The van der Waals surface area contributed by atoms with Crippen molar-refractivity contribution in [1.82, 2.24) is 9.55 Å². The molecule has 1 aromatic carbocycles. The highest BCUT2D eigenvalue weighted by Crippen LogP contribution is 2.24. The van der Waals surface area contributed by atoms with Gasteiger partial charge in [-0.15, -0.1) is 4.90 Å². The number of aryl methyl sites for hydroxylation is 1. The largest absolute Gasteiger partial charge is 0.443 e. The summed E-state index contributed by atoms with van der Waals surface area (Å²) in [6.45, 7) is 15.5. The minimum absolute atomic E-state index is 0.119. The lowest BCUT2D eigenvalue weighted by atomic mass is 10.1. The Kier molecular flexibility index (Phi) is 7.35. The van der Waals surface area contributed by atoms with Crippen molar-refractivity contribution in [3.63, 3.8) is 0 Å². The molecule has 0 aliphatic heterocycles. The van der Waals surface area contributed by atoms with Gasteiger partial charge in [0.25, 0.3) is 5.56 Å². The number of hydrogen-bond donors (Lipinski definition) is 0. The standard InChI is InChI=1S/C24H32FN3O7/c1-13-11-14-16(12-15(13)25)26-18(27(17(14)29)19(30)33-22(2,3)4)28(20(31)34-23(5,6)7)21(32)35-24(8,9)10/h11-12H,1-10H3. The van der Waals surface area contributed by atoms with E-state index in [0.717, 1.165) is 6.07 Å². The van der Waals surface area contributed by atoms with E-state index in [9.17, 15) is 23.6 Å². The number of aromatic nitrogens is 2. The fourth-order valence-corrected chi connectivity index (χ4v) is 2.78. The van der Waals surface area contributed by atoms with Gasteiger partial charge < -0.3 is 14.2 Å². The number of halogens is 1. The zero-order valence-electron chi connectivity index (χ0n) is 21.7.